The molecule has 0 aliphatic heterocycles. The molecule has 0 aliphatic carbocycles. The molecular formula is C20H29N3O2. The number of amides is 1. The molecule has 1 amide bonds. The molecule has 25 heavy (non-hydrogen) atoms. The molecule has 2 aromatic rings. The number of nitrogens with one attached hydrogen (secondary N) is 2. The number of ether oxygens (including phenoxy) is 1. The molecule has 0 saturated carbocycles. The van der Waals surface area contributed by atoms with Crippen LogP contribution in [-0.2, 0) is 17.8 Å². The first-order valence-corrected chi connectivity index (χ1v) is 8.69. The van der Waals surface area contributed by atoms with Crippen molar-refractivity contribution >= 4 is 17.5 Å². The SMILES string of the molecule is CCn1c(C)cc(CNc2cccc(NC(=O)OC(C)(C)C)c2)c1C. The third-order valence-electron chi connectivity index (χ3n) is 3.99. The van der Waals surface area contributed by atoms with Crippen molar-refractivity contribution in [3.05, 3.63) is 47.3 Å². The van der Waals surface area contributed by atoms with Crippen LogP contribution in [0.4, 0.5) is 16.2 Å². The fourth-order valence-corrected chi connectivity index (χ4v) is 2.86. The zero-order chi connectivity index (χ0) is 18.6. The van der Waals surface area contributed by atoms with Gasteiger partial charge in [0.25, 0.3) is 0 Å². The van der Waals surface area contributed by atoms with Gasteiger partial charge in [0.15, 0.2) is 0 Å². The van der Waals surface area contributed by atoms with Crippen molar-refractivity contribution in [2.45, 2.75) is 60.2 Å². The average molecular weight is 343 g/mol. The second-order valence-electron chi connectivity index (χ2n) is 7.20. The number of benzene rings is 1. The number of hydrogen-bond acceptors (Lipinski definition) is 3. The Morgan fingerprint density at radius 3 is 2.44 bits per heavy atom. The molecule has 2 rings (SSSR count). The molecule has 136 valence electrons. The van der Waals surface area contributed by atoms with E-state index in [1.54, 1.807) is 0 Å². The van der Waals surface area contributed by atoms with Crippen LogP contribution in [-0.4, -0.2) is 16.3 Å². The van der Waals surface area contributed by atoms with Gasteiger partial charge in [-0.25, -0.2) is 4.79 Å². The average Bonchev–Trinajstić information content (AvgIpc) is 2.77. The minimum Gasteiger partial charge on any atom is -0.444 e. The van der Waals surface area contributed by atoms with Crippen molar-refractivity contribution < 1.29 is 9.53 Å². The van der Waals surface area contributed by atoms with Crippen LogP contribution in [0.5, 0.6) is 0 Å². The van der Waals surface area contributed by atoms with Crippen LogP contribution < -0.4 is 10.6 Å². The van der Waals surface area contributed by atoms with Crippen molar-refractivity contribution in [2.75, 3.05) is 10.6 Å². The van der Waals surface area contributed by atoms with E-state index in [1.165, 1.54) is 17.0 Å². The largest absolute Gasteiger partial charge is 0.444 e. The molecule has 0 bridgehead atoms. The summed E-state index contributed by atoms with van der Waals surface area (Å²) in [5, 5.41) is 6.19. The van der Waals surface area contributed by atoms with Crippen molar-refractivity contribution in [3.8, 4) is 0 Å². The predicted octanol–water partition coefficient (Wildman–Crippen LogP) is 5.08. The third-order valence-corrected chi connectivity index (χ3v) is 3.99. The quantitative estimate of drug-likeness (QED) is 0.795. The topological polar surface area (TPSA) is 55.3 Å². The monoisotopic (exact) mass is 343 g/mol. The molecule has 1 aromatic carbocycles. The van der Waals surface area contributed by atoms with Gasteiger partial charge in [0, 0.05) is 35.9 Å². The van der Waals surface area contributed by atoms with Crippen LogP contribution in [0.1, 0.15) is 44.6 Å². The Hall–Kier alpha value is -2.43. The summed E-state index contributed by atoms with van der Waals surface area (Å²) in [4.78, 5) is 11.9. The molecule has 1 aromatic heterocycles. The first-order chi connectivity index (χ1) is 11.7. The van der Waals surface area contributed by atoms with Crippen LogP contribution in [0, 0.1) is 13.8 Å². The molecule has 5 heteroatoms. The van der Waals surface area contributed by atoms with Crippen molar-refractivity contribution in [1.82, 2.24) is 4.57 Å². The molecule has 0 unspecified atom stereocenters. The minimum atomic E-state index is -0.512. The van der Waals surface area contributed by atoms with Gasteiger partial charge in [-0.1, -0.05) is 6.07 Å². The Balaban J connectivity index is 2.01. The van der Waals surface area contributed by atoms with Gasteiger partial charge in [-0.05, 0) is 71.4 Å². The van der Waals surface area contributed by atoms with Gasteiger partial charge in [-0.3, -0.25) is 5.32 Å². The fraction of sp³-hybridized carbons (Fsp3) is 0.450. The highest BCUT2D eigenvalue weighted by molar-refractivity contribution is 5.85. The molecule has 0 atom stereocenters. The van der Waals surface area contributed by atoms with E-state index in [0.717, 1.165) is 18.8 Å². The summed E-state index contributed by atoms with van der Waals surface area (Å²) < 4.78 is 7.58. The number of aromatic nitrogens is 1. The smallest absolute Gasteiger partial charge is 0.412 e. The Labute approximate surface area is 150 Å². The maximum absolute atomic E-state index is 11.9. The van der Waals surface area contributed by atoms with Gasteiger partial charge < -0.3 is 14.6 Å². The maximum atomic E-state index is 11.9. The van der Waals surface area contributed by atoms with E-state index in [-0.39, 0.29) is 0 Å². The molecule has 2 N–H and O–H groups in total. The van der Waals surface area contributed by atoms with E-state index in [0.29, 0.717) is 5.69 Å². The van der Waals surface area contributed by atoms with Crippen molar-refractivity contribution in [3.63, 3.8) is 0 Å². The fourth-order valence-electron chi connectivity index (χ4n) is 2.86. The normalized spacial score (nSPS) is 11.3. The van der Waals surface area contributed by atoms with E-state index in [2.05, 4.69) is 42.0 Å². The number of anilines is 2. The van der Waals surface area contributed by atoms with Crippen LogP contribution in [0.3, 0.4) is 0 Å². The molecule has 0 saturated heterocycles. The van der Waals surface area contributed by atoms with Crippen LogP contribution in [0.25, 0.3) is 0 Å². The van der Waals surface area contributed by atoms with E-state index in [1.807, 2.05) is 45.0 Å². The molecule has 0 spiro atoms. The Morgan fingerprint density at radius 1 is 1.16 bits per heavy atom. The standard InChI is InChI=1S/C20H29N3O2/c1-7-23-14(2)11-16(15(23)3)13-21-17-9-8-10-18(12-17)22-19(24)25-20(4,5)6/h8-12,21H,7,13H2,1-6H3,(H,22,24). The summed E-state index contributed by atoms with van der Waals surface area (Å²) in [7, 11) is 0. The van der Waals surface area contributed by atoms with Gasteiger partial charge in [0.2, 0.25) is 0 Å². The summed E-state index contributed by atoms with van der Waals surface area (Å²) in [6.45, 7) is 13.7. The molecule has 5 nitrogen and oxygen atoms in total. The number of carbonyl (C=O) groups excluding carboxylic acids is 1. The van der Waals surface area contributed by atoms with E-state index < -0.39 is 11.7 Å². The van der Waals surface area contributed by atoms with Gasteiger partial charge >= 0.3 is 6.09 Å². The summed E-state index contributed by atoms with van der Waals surface area (Å²) in [6.07, 6.45) is -0.448. The lowest BCUT2D eigenvalue weighted by Gasteiger charge is -2.19. The number of nitrogens with zero attached hydrogens (tertiary/aromatic N) is 1. The Kier molecular flexibility index (Phi) is 5.77. The summed E-state index contributed by atoms with van der Waals surface area (Å²) in [6, 6.07) is 9.86. The van der Waals surface area contributed by atoms with Crippen LogP contribution in [0.2, 0.25) is 0 Å². The van der Waals surface area contributed by atoms with E-state index >= 15 is 0 Å². The van der Waals surface area contributed by atoms with E-state index in [4.69, 9.17) is 4.74 Å². The zero-order valence-electron chi connectivity index (χ0n) is 16.1. The second-order valence-corrected chi connectivity index (χ2v) is 7.20. The lowest BCUT2D eigenvalue weighted by molar-refractivity contribution is 0.0636. The molecule has 0 radical (unpaired) electrons. The van der Waals surface area contributed by atoms with Crippen LogP contribution in [0.15, 0.2) is 30.3 Å². The lowest BCUT2D eigenvalue weighted by atomic mass is 10.2. The number of aryl methyl sites for hydroxylation is 1. The first-order valence-electron chi connectivity index (χ1n) is 8.69. The highest BCUT2D eigenvalue weighted by Gasteiger charge is 2.16. The van der Waals surface area contributed by atoms with Crippen molar-refractivity contribution in [2.24, 2.45) is 0 Å². The van der Waals surface area contributed by atoms with Gasteiger partial charge in [-0.2, -0.15) is 0 Å². The van der Waals surface area contributed by atoms with Gasteiger partial charge in [0.1, 0.15) is 5.60 Å². The lowest BCUT2D eigenvalue weighted by Crippen LogP contribution is -2.27. The van der Waals surface area contributed by atoms with Gasteiger partial charge in [0.05, 0.1) is 0 Å². The maximum Gasteiger partial charge on any atom is 0.412 e. The molecule has 0 aliphatic rings. The number of rotatable bonds is 5. The van der Waals surface area contributed by atoms with E-state index in [9.17, 15) is 4.79 Å². The number of carbonyl (C=O) groups is 1. The van der Waals surface area contributed by atoms with Crippen molar-refractivity contribution in [1.29, 1.82) is 0 Å². The summed E-state index contributed by atoms with van der Waals surface area (Å²) in [5.41, 5.74) is 4.99. The highest BCUT2D eigenvalue weighted by Crippen LogP contribution is 2.20. The number of hydrogen-bond donors (Lipinski definition) is 2. The zero-order valence-corrected chi connectivity index (χ0v) is 16.1. The van der Waals surface area contributed by atoms with Gasteiger partial charge in [-0.15, -0.1) is 0 Å². The molecule has 0 fully saturated rings. The third kappa shape index (κ3) is 5.28. The Morgan fingerprint density at radius 2 is 1.84 bits per heavy atom. The van der Waals surface area contributed by atoms with Crippen LogP contribution >= 0.6 is 0 Å². The minimum absolute atomic E-state index is 0.448. The second kappa shape index (κ2) is 7.64. The summed E-state index contributed by atoms with van der Waals surface area (Å²) >= 11 is 0. The molecular weight excluding hydrogens is 314 g/mol. The highest BCUT2D eigenvalue weighted by atomic mass is 16.6. The first kappa shape index (κ1) is 18.9. The summed E-state index contributed by atoms with van der Waals surface area (Å²) in [5.74, 6) is 0. The predicted molar refractivity (Wildman–Crippen MR) is 103 cm³/mol. The molecule has 1 heterocycles. The Bertz CT molecular complexity index is 742.